The van der Waals surface area contributed by atoms with Crippen LogP contribution in [0, 0.1) is 5.92 Å². The second kappa shape index (κ2) is 6.15. The van der Waals surface area contributed by atoms with Crippen molar-refractivity contribution in [3.63, 3.8) is 0 Å². The van der Waals surface area contributed by atoms with Crippen LogP contribution in [0.3, 0.4) is 0 Å². The summed E-state index contributed by atoms with van der Waals surface area (Å²) in [5.41, 5.74) is 0. The normalized spacial score (nSPS) is 31.4. The fraction of sp³-hybridized carbons (Fsp3) is 0.917. The van der Waals surface area contributed by atoms with E-state index in [0.717, 1.165) is 31.7 Å². The Kier molecular flexibility index (Phi) is 4.83. The van der Waals surface area contributed by atoms with Crippen LogP contribution in [0.5, 0.6) is 0 Å². The molecule has 2 unspecified atom stereocenters. The number of rotatable bonds is 2. The molecule has 4 heteroatoms. The van der Waals surface area contributed by atoms with E-state index >= 15 is 0 Å². The van der Waals surface area contributed by atoms with E-state index in [4.69, 9.17) is 11.6 Å². The van der Waals surface area contributed by atoms with Gasteiger partial charge < -0.3 is 4.90 Å². The van der Waals surface area contributed by atoms with E-state index in [1.807, 2.05) is 11.8 Å². The van der Waals surface area contributed by atoms with Gasteiger partial charge in [-0.3, -0.25) is 4.79 Å². The Morgan fingerprint density at radius 2 is 2.19 bits per heavy atom. The molecule has 0 radical (unpaired) electrons. The number of nitrogens with zero attached hydrogens (tertiary/aromatic N) is 1. The van der Waals surface area contributed by atoms with Crippen molar-refractivity contribution >= 4 is 29.3 Å². The summed E-state index contributed by atoms with van der Waals surface area (Å²) in [4.78, 5) is 14.3. The first-order valence-electron chi connectivity index (χ1n) is 6.27. The number of thioether (sulfide) groups is 1. The number of carbonyl (C=O) groups is 1. The fourth-order valence-corrected chi connectivity index (χ4v) is 4.06. The number of alkyl halides is 1. The average molecular weight is 262 g/mol. The molecule has 0 aromatic heterocycles. The van der Waals surface area contributed by atoms with Crippen molar-refractivity contribution < 1.29 is 4.79 Å². The molecule has 16 heavy (non-hydrogen) atoms. The maximum atomic E-state index is 12.3. The highest BCUT2D eigenvalue weighted by atomic mass is 35.5. The zero-order valence-corrected chi connectivity index (χ0v) is 11.2. The summed E-state index contributed by atoms with van der Waals surface area (Å²) in [7, 11) is 0. The van der Waals surface area contributed by atoms with Crippen molar-refractivity contribution in [2.45, 2.75) is 37.4 Å². The molecule has 0 bridgehead atoms. The third-order valence-corrected chi connectivity index (χ3v) is 5.30. The van der Waals surface area contributed by atoms with Gasteiger partial charge in [-0.25, -0.2) is 0 Å². The Bertz CT molecular complexity index is 243. The predicted octanol–water partition coefficient (Wildman–Crippen LogP) is 2.75. The summed E-state index contributed by atoms with van der Waals surface area (Å²) in [5, 5.41) is 0.239. The van der Waals surface area contributed by atoms with Gasteiger partial charge in [-0.05, 0) is 37.4 Å². The number of amides is 1. The topological polar surface area (TPSA) is 20.3 Å². The van der Waals surface area contributed by atoms with Crippen LogP contribution in [0.15, 0.2) is 0 Å². The molecule has 0 saturated carbocycles. The third kappa shape index (κ3) is 3.07. The van der Waals surface area contributed by atoms with Gasteiger partial charge in [0.25, 0.3) is 0 Å². The van der Waals surface area contributed by atoms with Crippen molar-refractivity contribution in [2.75, 3.05) is 24.7 Å². The zero-order valence-electron chi connectivity index (χ0n) is 9.66. The molecule has 2 aliphatic rings. The van der Waals surface area contributed by atoms with Gasteiger partial charge in [0.2, 0.25) is 5.91 Å². The SMILES string of the molecule is O=C(C1CCCCS1)N1CCCC(CCl)C1. The largest absolute Gasteiger partial charge is 0.341 e. The van der Waals surface area contributed by atoms with Gasteiger partial charge in [0.1, 0.15) is 0 Å². The molecule has 0 aromatic carbocycles. The molecule has 92 valence electrons. The van der Waals surface area contributed by atoms with Crippen molar-refractivity contribution in [2.24, 2.45) is 5.92 Å². The molecule has 0 spiro atoms. The van der Waals surface area contributed by atoms with Crippen LogP contribution < -0.4 is 0 Å². The summed E-state index contributed by atoms with van der Waals surface area (Å²) in [6.45, 7) is 1.84. The van der Waals surface area contributed by atoms with Crippen LogP contribution in [0.1, 0.15) is 32.1 Å². The van der Waals surface area contributed by atoms with Gasteiger partial charge in [-0.1, -0.05) is 6.42 Å². The minimum atomic E-state index is 0.239. The Morgan fingerprint density at radius 3 is 2.88 bits per heavy atom. The molecular formula is C12H20ClNOS. The van der Waals surface area contributed by atoms with Crippen LogP contribution in [0.25, 0.3) is 0 Å². The predicted molar refractivity (Wildman–Crippen MR) is 70.1 cm³/mol. The molecule has 2 heterocycles. The third-order valence-electron chi connectivity index (χ3n) is 3.50. The van der Waals surface area contributed by atoms with Crippen LogP contribution in [-0.2, 0) is 4.79 Å². The van der Waals surface area contributed by atoms with Crippen molar-refractivity contribution in [3.8, 4) is 0 Å². The van der Waals surface area contributed by atoms with Crippen LogP contribution >= 0.6 is 23.4 Å². The number of hydrogen-bond acceptors (Lipinski definition) is 2. The van der Waals surface area contributed by atoms with Crippen LogP contribution in [0.4, 0.5) is 0 Å². The van der Waals surface area contributed by atoms with E-state index in [2.05, 4.69) is 4.90 Å². The van der Waals surface area contributed by atoms with Crippen molar-refractivity contribution in [1.29, 1.82) is 0 Å². The first kappa shape index (κ1) is 12.6. The number of halogens is 1. The number of piperidine rings is 1. The smallest absolute Gasteiger partial charge is 0.235 e. The van der Waals surface area contributed by atoms with E-state index in [1.54, 1.807) is 0 Å². The second-order valence-electron chi connectivity index (χ2n) is 4.80. The van der Waals surface area contributed by atoms with Crippen molar-refractivity contribution in [1.82, 2.24) is 4.90 Å². The lowest BCUT2D eigenvalue weighted by Gasteiger charge is -2.35. The molecular weight excluding hydrogens is 242 g/mol. The molecule has 2 saturated heterocycles. The molecule has 2 atom stereocenters. The Labute approximate surface area is 107 Å². The van der Waals surface area contributed by atoms with Gasteiger partial charge in [0.05, 0.1) is 5.25 Å². The summed E-state index contributed by atoms with van der Waals surface area (Å²) in [6, 6.07) is 0. The lowest BCUT2D eigenvalue weighted by atomic mass is 9.99. The van der Waals surface area contributed by atoms with Gasteiger partial charge in [-0.2, -0.15) is 0 Å². The van der Waals surface area contributed by atoms with Gasteiger partial charge >= 0.3 is 0 Å². The molecule has 0 aliphatic carbocycles. The van der Waals surface area contributed by atoms with Crippen LogP contribution in [0.2, 0.25) is 0 Å². The minimum absolute atomic E-state index is 0.239. The molecule has 0 N–H and O–H groups in total. The second-order valence-corrected chi connectivity index (χ2v) is 6.42. The average Bonchev–Trinajstić information content (AvgIpc) is 2.39. The van der Waals surface area contributed by atoms with E-state index in [-0.39, 0.29) is 5.25 Å². The quantitative estimate of drug-likeness (QED) is 0.713. The summed E-state index contributed by atoms with van der Waals surface area (Å²) in [6.07, 6.45) is 5.88. The monoisotopic (exact) mass is 261 g/mol. The Balaban J connectivity index is 1.87. The highest BCUT2D eigenvalue weighted by Gasteiger charge is 2.29. The highest BCUT2D eigenvalue weighted by Crippen LogP contribution is 2.28. The lowest BCUT2D eigenvalue weighted by Crippen LogP contribution is -2.45. The first-order valence-corrected chi connectivity index (χ1v) is 7.86. The molecule has 2 aliphatic heterocycles. The fourth-order valence-electron chi connectivity index (χ4n) is 2.53. The van der Waals surface area contributed by atoms with E-state index in [0.29, 0.717) is 17.7 Å². The number of carbonyl (C=O) groups excluding carboxylic acids is 1. The van der Waals surface area contributed by atoms with Crippen molar-refractivity contribution in [3.05, 3.63) is 0 Å². The lowest BCUT2D eigenvalue weighted by molar-refractivity contribution is -0.132. The Morgan fingerprint density at radius 1 is 1.31 bits per heavy atom. The molecule has 1 amide bonds. The maximum Gasteiger partial charge on any atom is 0.235 e. The molecule has 2 rings (SSSR count). The van der Waals surface area contributed by atoms with Gasteiger partial charge in [-0.15, -0.1) is 23.4 Å². The summed E-state index contributed by atoms with van der Waals surface area (Å²) >= 11 is 7.74. The molecule has 2 nitrogen and oxygen atoms in total. The van der Waals surface area contributed by atoms with E-state index < -0.39 is 0 Å². The molecule has 2 fully saturated rings. The highest BCUT2D eigenvalue weighted by molar-refractivity contribution is 8.00. The minimum Gasteiger partial charge on any atom is -0.341 e. The van der Waals surface area contributed by atoms with Gasteiger partial charge in [0.15, 0.2) is 0 Å². The van der Waals surface area contributed by atoms with Gasteiger partial charge in [0, 0.05) is 19.0 Å². The molecule has 0 aromatic rings. The summed E-state index contributed by atoms with van der Waals surface area (Å²) in [5.74, 6) is 2.75. The maximum absolute atomic E-state index is 12.3. The van der Waals surface area contributed by atoms with E-state index in [1.165, 1.54) is 19.3 Å². The standard InChI is InChI=1S/C12H20ClNOS/c13-8-10-4-3-6-14(9-10)12(15)11-5-1-2-7-16-11/h10-11H,1-9H2. The number of hydrogen-bond donors (Lipinski definition) is 0. The Hall–Kier alpha value is 0.110. The summed E-state index contributed by atoms with van der Waals surface area (Å²) < 4.78 is 0. The number of likely N-dealkylation sites (tertiary alicyclic amines) is 1. The first-order chi connectivity index (χ1) is 7.81. The zero-order chi connectivity index (χ0) is 11.4. The van der Waals surface area contributed by atoms with E-state index in [9.17, 15) is 4.79 Å². The van der Waals surface area contributed by atoms with Crippen LogP contribution in [-0.4, -0.2) is 40.8 Å².